The zero-order chi connectivity index (χ0) is 12.3. The van der Waals surface area contributed by atoms with Gasteiger partial charge in [0.25, 0.3) is 0 Å². The van der Waals surface area contributed by atoms with Crippen molar-refractivity contribution in [1.29, 1.82) is 0 Å². The number of nitrogens with zero attached hydrogens (tertiary/aromatic N) is 1. The number of halogens is 1. The number of rotatable bonds is 4. The molecule has 0 unspecified atom stereocenters. The molecule has 0 saturated carbocycles. The first kappa shape index (κ1) is 12.9. The van der Waals surface area contributed by atoms with Gasteiger partial charge in [0.2, 0.25) is 0 Å². The average molecular weight is 330 g/mol. The molecule has 0 radical (unpaired) electrons. The van der Waals surface area contributed by atoms with Crippen LogP contribution in [0.1, 0.15) is 11.3 Å². The number of hydrogen-bond donors (Lipinski definition) is 0. The molecule has 2 aromatic rings. The number of aromatic nitrogens is 1. The molecule has 0 N–H and O–H groups in total. The van der Waals surface area contributed by atoms with Crippen LogP contribution in [0.25, 0.3) is 0 Å². The molecule has 1 aromatic carbocycles. The molecule has 0 spiro atoms. The van der Waals surface area contributed by atoms with E-state index in [0.717, 1.165) is 26.0 Å². The fraction of sp³-hybridized carbons (Fsp3) is 0.250. The van der Waals surface area contributed by atoms with Crippen LogP contribution in [0, 0.1) is 6.92 Å². The maximum Gasteiger partial charge on any atom is 0.150 e. The molecular formula is C12H12BrNOS2. The number of hydrogen-bond acceptors (Lipinski definition) is 4. The van der Waals surface area contributed by atoms with Crippen molar-refractivity contribution in [2.45, 2.75) is 17.0 Å². The molecule has 0 aliphatic heterocycles. The van der Waals surface area contributed by atoms with Crippen molar-refractivity contribution < 1.29 is 4.74 Å². The molecular weight excluding hydrogens is 318 g/mol. The summed E-state index contributed by atoms with van der Waals surface area (Å²) in [6.07, 6.45) is 0. The van der Waals surface area contributed by atoms with E-state index in [-0.39, 0.29) is 0 Å². The first-order valence-corrected chi connectivity index (χ1v) is 7.72. The van der Waals surface area contributed by atoms with Gasteiger partial charge < -0.3 is 4.74 Å². The van der Waals surface area contributed by atoms with Crippen LogP contribution in [0.15, 0.2) is 32.4 Å². The Kier molecular flexibility index (Phi) is 4.48. The molecule has 0 aliphatic rings. The summed E-state index contributed by atoms with van der Waals surface area (Å²) >= 11 is 6.95. The maximum absolute atomic E-state index is 5.20. The maximum atomic E-state index is 5.20. The highest BCUT2D eigenvalue weighted by atomic mass is 79.9. The lowest BCUT2D eigenvalue weighted by Gasteiger charge is -2.05. The van der Waals surface area contributed by atoms with Crippen LogP contribution in [0.4, 0.5) is 0 Å². The van der Waals surface area contributed by atoms with Crippen LogP contribution in [-0.4, -0.2) is 12.1 Å². The van der Waals surface area contributed by atoms with E-state index in [9.17, 15) is 0 Å². The van der Waals surface area contributed by atoms with E-state index in [0.29, 0.717) is 0 Å². The molecule has 5 heteroatoms. The van der Waals surface area contributed by atoms with Crippen molar-refractivity contribution in [3.63, 3.8) is 0 Å². The van der Waals surface area contributed by atoms with Crippen LogP contribution in [0.5, 0.6) is 5.75 Å². The molecule has 90 valence electrons. The summed E-state index contributed by atoms with van der Waals surface area (Å²) in [4.78, 5) is 4.43. The van der Waals surface area contributed by atoms with Crippen molar-refractivity contribution in [3.8, 4) is 5.75 Å². The Morgan fingerprint density at radius 2 is 2.29 bits per heavy atom. The third-order valence-corrected chi connectivity index (χ3v) is 5.01. The third-order valence-electron chi connectivity index (χ3n) is 2.18. The Hall–Kier alpha value is -0.520. The van der Waals surface area contributed by atoms with Crippen LogP contribution >= 0.6 is 39.0 Å². The topological polar surface area (TPSA) is 22.1 Å². The lowest BCUT2D eigenvalue weighted by Crippen LogP contribution is -1.86. The second-order valence-corrected chi connectivity index (χ2v) is 6.45. The third kappa shape index (κ3) is 3.47. The van der Waals surface area contributed by atoms with E-state index in [2.05, 4.69) is 38.4 Å². The normalized spacial score (nSPS) is 10.5. The highest BCUT2D eigenvalue weighted by molar-refractivity contribution is 9.10. The predicted octanol–water partition coefficient (Wildman–Crippen LogP) is 4.51. The summed E-state index contributed by atoms with van der Waals surface area (Å²) in [6.45, 7) is 2.02. The van der Waals surface area contributed by atoms with Crippen molar-refractivity contribution >= 4 is 39.0 Å². The fourth-order valence-electron chi connectivity index (χ4n) is 1.34. The Morgan fingerprint density at radius 1 is 1.47 bits per heavy atom. The Morgan fingerprint density at radius 3 is 2.88 bits per heavy atom. The molecule has 0 saturated heterocycles. The van der Waals surface area contributed by atoms with Gasteiger partial charge in [-0.3, -0.25) is 0 Å². The lowest BCUT2D eigenvalue weighted by atomic mass is 10.2. The molecule has 2 nitrogen and oxygen atoms in total. The quantitative estimate of drug-likeness (QED) is 0.770. The lowest BCUT2D eigenvalue weighted by molar-refractivity contribution is 0.412. The van der Waals surface area contributed by atoms with E-state index >= 15 is 0 Å². The Bertz CT molecular complexity index is 513. The standard InChI is InChI=1S/C12H12BrNOS2/c1-8-6-16-12(14-8)17-7-9-3-4-11(15-2)10(13)5-9/h3-6H,7H2,1-2H3. The summed E-state index contributed by atoms with van der Waals surface area (Å²) in [6, 6.07) is 6.15. The van der Waals surface area contributed by atoms with E-state index < -0.39 is 0 Å². The van der Waals surface area contributed by atoms with Gasteiger partial charge in [0, 0.05) is 16.8 Å². The number of benzene rings is 1. The number of ether oxygens (including phenoxy) is 1. The summed E-state index contributed by atoms with van der Waals surface area (Å²) < 4.78 is 7.32. The predicted molar refractivity (Wildman–Crippen MR) is 77.1 cm³/mol. The minimum atomic E-state index is 0.865. The number of thiazole rings is 1. The van der Waals surface area contributed by atoms with E-state index in [1.807, 2.05) is 13.0 Å². The monoisotopic (exact) mass is 329 g/mol. The SMILES string of the molecule is COc1ccc(CSc2nc(C)cs2)cc1Br. The van der Waals surface area contributed by atoms with Crippen LogP contribution in [-0.2, 0) is 5.75 Å². The van der Waals surface area contributed by atoms with Gasteiger partial charge in [-0.05, 0) is 40.5 Å². The second kappa shape index (κ2) is 5.89. The van der Waals surface area contributed by atoms with Crippen molar-refractivity contribution in [1.82, 2.24) is 4.98 Å². The van der Waals surface area contributed by atoms with E-state index in [4.69, 9.17) is 4.74 Å². The van der Waals surface area contributed by atoms with Gasteiger partial charge in [-0.15, -0.1) is 11.3 Å². The smallest absolute Gasteiger partial charge is 0.150 e. The zero-order valence-electron chi connectivity index (χ0n) is 9.57. The summed E-state index contributed by atoms with van der Waals surface area (Å²) in [5.41, 5.74) is 2.35. The molecule has 2 rings (SSSR count). The van der Waals surface area contributed by atoms with Crippen LogP contribution in [0.3, 0.4) is 0 Å². The largest absolute Gasteiger partial charge is 0.496 e. The second-order valence-electron chi connectivity index (χ2n) is 3.51. The van der Waals surface area contributed by atoms with Crippen molar-refractivity contribution in [2.75, 3.05) is 7.11 Å². The highest BCUT2D eigenvalue weighted by Crippen LogP contribution is 2.30. The summed E-state index contributed by atoms with van der Waals surface area (Å²) in [5.74, 6) is 1.79. The zero-order valence-corrected chi connectivity index (χ0v) is 12.8. The number of methoxy groups -OCH3 is 1. The molecule has 0 amide bonds. The number of thioether (sulfide) groups is 1. The van der Waals surface area contributed by atoms with Crippen molar-refractivity contribution in [2.24, 2.45) is 0 Å². The first-order chi connectivity index (χ1) is 8.19. The minimum Gasteiger partial charge on any atom is -0.496 e. The Labute approximate surface area is 118 Å². The van der Waals surface area contributed by atoms with Gasteiger partial charge in [-0.1, -0.05) is 17.8 Å². The van der Waals surface area contributed by atoms with Gasteiger partial charge in [0.1, 0.15) is 10.1 Å². The molecule has 1 heterocycles. The van der Waals surface area contributed by atoms with Gasteiger partial charge in [-0.2, -0.15) is 0 Å². The Balaban J connectivity index is 2.02. The fourth-order valence-corrected chi connectivity index (χ4v) is 3.72. The summed E-state index contributed by atoms with van der Waals surface area (Å²) in [7, 11) is 1.67. The van der Waals surface area contributed by atoms with Crippen molar-refractivity contribution in [3.05, 3.63) is 39.3 Å². The minimum absolute atomic E-state index is 0.865. The molecule has 0 aliphatic carbocycles. The molecule has 0 atom stereocenters. The van der Waals surface area contributed by atoms with E-state index in [1.165, 1.54) is 5.56 Å². The number of aryl methyl sites for hydroxylation is 1. The average Bonchev–Trinajstić information content (AvgIpc) is 2.73. The molecule has 0 fully saturated rings. The highest BCUT2D eigenvalue weighted by Gasteiger charge is 2.04. The molecule has 0 bridgehead atoms. The van der Waals surface area contributed by atoms with Gasteiger partial charge in [-0.25, -0.2) is 4.98 Å². The van der Waals surface area contributed by atoms with Gasteiger partial charge in [0.15, 0.2) is 0 Å². The van der Waals surface area contributed by atoms with Gasteiger partial charge >= 0.3 is 0 Å². The van der Waals surface area contributed by atoms with Crippen LogP contribution < -0.4 is 4.74 Å². The van der Waals surface area contributed by atoms with E-state index in [1.54, 1.807) is 30.2 Å². The molecule has 1 aromatic heterocycles. The molecule has 17 heavy (non-hydrogen) atoms. The van der Waals surface area contributed by atoms with Crippen LogP contribution in [0.2, 0.25) is 0 Å². The first-order valence-electron chi connectivity index (χ1n) is 5.06. The van der Waals surface area contributed by atoms with Gasteiger partial charge in [0.05, 0.1) is 11.6 Å². The summed E-state index contributed by atoms with van der Waals surface area (Å²) in [5, 5.41) is 2.08.